The van der Waals surface area contributed by atoms with Gasteiger partial charge >= 0.3 is 0 Å². The third-order valence-electron chi connectivity index (χ3n) is 4.93. The summed E-state index contributed by atoms with van der Waals surface area (Å²) in [5.74, 6) is 0.143. The summed E-state index contributed by atoms with van der Waals surface area (Å²) in [7, 11) is 0. The highest BCUT2D eigenvalue weighted by atomic mass is 79.9. The molecule has 2 aromatic carbocycles. The first-order chi connectivity index (χ1) is 13.9. The van der Waals surface area contributed by atoms with Gasteiger partial charge in [-0.15, -0.1) is 0 Å². The Kier molecular flexibility index (Phi) is 7.72. The zero-order valence-electron chi connectivity index (χ0n) is 16.3. The molecule has 3 rings (SSSR count). The SMILES string of the molecule is Cc1cc(Br)cc(Br)c1OCC(=O)Nc1ccccc1C(=O)NC1CCCCC1. The Labute approximate surface area is 187 Å². The normalized spacial score (nSPS) is 14.3. The maximum Gasteiger partial charge on any atom is 0.262 e. The number of anilines is 1. The molecule has 0 heterocycles. The lowest BCUT2D eigenvalue weighted by Gasteiger charge is -2.23. The number of hydrogen-bond acceptors (Lipinski definition) is 3. The second kappa shape index (κ2) is 10.3. The van der Waals surface area contributed by atoms with Crippen LogP contribution >= 0.6 is 31.9 Å². The van der Waals surface area contributed by atoms with E-state index in [1.807, 2.05) is 19.1 Å². The average molecular weight is 524 g/mol. The monoisotopic (exact) mass is 522 g/mol. The van der Waals surface area contributed by atoms with Gasteiger partial charge < -0.3 is 15.4 Å². The van der Waals surface area contributed by atoms with Crippen molar-refractivity contribution in [3.8, 4) is 5.75 Å². The standard InChI is InChI=1S/C22H24Br2N2O3/c1-14-11-15(23)12-18(24)21(14)29-13-20(27)26-19-10-6-5-9-17(19)22(28)25-16-7-3-2-4-8-16/h5-6,9-12,16H,2-4,7-8,13H2,1H3,(H,25,28)(H,26,27). The van der Waals surface area contributed by atoms with Gasteiger partial charge in [-0.1, -0.05) is 47.3 Å². The van der Waals surface area contributed by atoms with Crippen molar-refractivity contribution in [3.05, 3.63) is 56.5 Å². The van der Waals surface area contributed by atoms with Crippen molar-refractivity contribution < 1.29 is 14.3 Å². The number of carbonyl (C=O) groups is 2. The highest BCUT2D eigenvalue weighted by molar-refractivity contribution is 9.11. The van der Waals surface area contributed by atoms with E-state index < -0.39 is 0 Å². The van der Waals surface area contributed by atoms with Gasteiger partial charge in [-0.3, -0.25) is 9.59 Å². The zero-order chi connectivity index (χ0) is 20.8. The maximum absolute atomic E-state index is 12.7. The zero-order valence-corrected chi connectivity index (χ0v) is 19.4. The van der Waals surface area contributed by atoms with Gasteiger partial charge in [0.1, 0.15) is 5.75 Å². The Bertz CT molecular complexity index is 872. The number of benzene rings is 2. The van der Waals surface area contributed by atoms with Gasteiger partial charge in [0.25, 0.3) is 11.8 Å². The fourth-order valence-corrected chi connectivity index (χ4v) is 5.05. The molecule has 1 aliphatic carbocycles. The van der Waals surface area contributed by atoms with E-state index in [4.69, 9.17) is 4.74 Å². The van der Waals surface area contributed by atoms with Crippen LogP contribution in [0.3, 0.4) is 0 Å². The van der Waals surface area contributed by atoms with Crippen molar-refractivity contribution in [2.45, 2.75) is 45.1 Å². The summed E-state index contributed by atoms with van der Waals surface area (Å²) >= 11 is 6.88. The molecule has 0 spiro atoms. The molecule has 0 atom stereocenters. The minimum atomic E-state index is -0.322. The van der Waals surface area contributed by atoms with Crippen LogP contribution in [0.1, 0.15) is 48.0 Å². The molecule has 0 aromatic heterocycles. The number of carbonyl (C=O) groups excluding carboxylic acids is 2. The quantitative estimate of drug-likeness (QED) is 0.517. The van der Waals surface area contributed by atoms with Gasteiger partial charge in [-0.05, 0) is 65.5 Å². The molecule has 0 radical (unpaired) electrons. The van der Waals surface area contributed by atoms with E-state index in [0.717, 1.165) is 40.2 Å². The molecular weight excluding hydrogens is 500 g/mol. The lowest BCUT2D eigenvalue weighted by atomic mass is 9.95. The number of rotatable bonds is 6. The van der Waals surface area contributed by atoms with E-state index in [-0.39, 0.29) is 24.5 Å². The molecule has 2 amide bonds. The molecule has 5 nitrogen and oxygen atoms in total. The van der Waals surface area contributed by atoms with Crippen LogP contribution in [0, 0.1) is 6.92 Å². The van der Waals surface area contributed by atoms with Gasteiger partial charge in [0.2, 0.25) is 0 Å². The minimum absolute atomic E-state index is 0.153. The lowest BCUT2D eigenvalue weighted by Crippen LogP contribution is -2.36. The number of nitrogens with one attached hydrogen (secondary N) is 2. The smallest absolute Gasteiger partial charge is 0.262 e. The van der Waals surface area contributed by atoms with Gasteiger partial charge in [0.05, 0.1) is 15.7 Å². The van der Waals surface area contributed by atoms with E-state index in [2.05, 4.69) is 42.5 Å². The third-order valence-corrected chi connectivity index (χ3v) is 5.97. The number of amides is 2. The number of para-hydroxylation sites is 1. The summed E-state index contributed by atoms with van der Waals surface area (Å²) in [4.78, 5) is 25.2. The summed E-state index contributed by atoms with van der Waals surface area (Å²) in [5, 5.41) is 5.89. The fraction of sp³-hybridized carbons (Fsp3) is 0.364. The van der Waals surface area contributed by atoms with Crippen LogP contribution in [-0.4, -0.2) is 24.5 Å². The van der Waals surface area contributed by atoms with Crippen molar-refractivity contribution >= 4 is 49.4 Å². The molecular formula is C22H24Br2N2O3. The topological polar surface area (TPSA) is 67.4 Å². The summed E-state index contributed by atoms with van der Waals surface area (Å²) in [6, 6.07) is 11.0. The second-order valence-corrected chi connectivity index (χ2v) is 8.99. The average Bonchev–Trinajstić information content (AvgIpc) is 2.68. The van der Waals surface area contributed by atoms with Crippen LogP contribution in [0.4, 0.5) is 5.69 Å². The fourth-order valence-electron chi connectivity index (χ4n) is 3.50. The van der Waals surface area contributed by atoms with Crippen LogP contribution in [0.5, 0.6) is 5.75 Å². The van der Waals surface area contributed by atoms with E-state index in [0.29, 0.717) is 17.0 Å². The van der Waals surface area contributed by atoms with Crippen molar-refractivity contribution in [1.82, 2.24) is 5.32 Å². The molecule has 0 aliphatic heterocycles. The number of hydrogen-bond donors (Lipinski definition) is 2. The number of halogens is 2. The Morgan fingerprint density at radius 2 is 1.83 bits per heavy atom. The van der Waals surface area contributed by atoms with Gasteiger partial charge in [-0.25, -0.2) is 0 Å². The van der Waals surface area contributed by atoms with E-state index in [1.165, 1.54) is 6.42 Å². The van der Waals surface area contributed by atoms with Crippen molar-refractivity contribution in [1.29, 1.82) is 0 Å². The molecule has 1 saturated carbocycles. The van der Waals surface area contributed by atoms with Gasteiger partial charge in [0, 0.05) is 10.5 Å². The van der Waals surface area contributed by atoms with Crippen molar-refractivity contribution in [2.24, 2.45) is 0 Å². The summed E-state index contributed by atoms with van der Waals surface area (Å²) < 4.78 is 7.39. The molecule has 2 aromatic rings. The van der Waals surface area contributed by atoms with Gasteiger partial charge in [0.15, 0.2) is 6.61 Å². The highest BCUT2D eigenvalue weighted by Crippen LogP contribution is 2.32. The highest BCUT2D eigenvalue weighted by Gasteiger charge is 2.19. The van der Waals surface area contributed by atoms with Crippen molar-refractivity contribution in [2.75, 3.05) is 11.9 Å². The second-order valence-electron chi connectivity index (χ2n) is 7.22. The Hall–Kier alpha value is -1.86. The lowest BCUT2D eigenvalue weighted by molar-refractivity contribution is -0.118. The first-order valence-corrected chi connectivity index (χ1v) is 11.3. The first-order valence-electron chi connectivity index (χ1n) is 9.72. The van der Waals surface area contributed by atoms with E-state index in [9.17, 15) is 9.59 Å². The van der Waals surface area contributed by atoms with Gasteiger partial charge in [-0.2, -0.15) is 0 Å². The number of aryl methyl sites for hydroxylation is 1. The third kappa shape index (κ3) is 6.06. The van der Waals surface area contributed by atoms with Crippen molar-refractivity contribution in [3.63, 3.8) is 0 Å². The summed E-state index contributed by atoms with van der Waals surface area (Å²) in [5.41, 5.74) is 1.86. The molecule has 0 bridgehead atoms. The van der Waals surface area contributed by atoms with Crippen LogP contribution in [0.25, 0.3) is 0 Å². The van der Waals surface area contributed by atoms with Crippen LogP contribution in [-0.2, 0) is 4.79 Å². The molecule has 2 N–H and O–H groups in total. The molecule has 0 unspecified atom stereocenters. The van der Waals surface area contributed by atoms with E-state index >= 15 is 0 Å². The van der Waals surface area contributed by atoms with E-state index in [1.54, 1.807) is 24.3 Å². The predicted molar refractivity (Wildman–Crippen MR) is 121 cm³/mol. The summed E-state index contributed by atoms with van der Waals surface area (Å²) in [6.07, 6.45) is 5.54. The Balaban J connectivity index is 1.63. The molecule has 7 heteroatoms. The Morgan fingerprint density at radius 3 is 2.55 bits per heavy atom. The van der Waals surface area contributed by atoms with Crippen LogP contribution < -0.4 is 15.4 Å². The molecule has 154 valence electrons. The van der Waals surface area contributed by atoms with Crippen LogP contribution in [0.2, 0.25) is 0 Å². The minimum Gasteiger partial charge on any atom is -0.482 e. The molecule has 1 fully saturated rings. The Morgan fingerprint density at radius 1 is 1.10 bits per heavy atom. The summed E-state index contributed by atoms with van der Waals surface area (Å²) in [6.45, 7) is 1.76. The molecule has 0 saturated heterocycles. The predicted octanol–water partition coefficient (Wildman–Crippen LogP) is 5.60. The molecule has 1 aliphatic rings. The molecule has 29 heavy (non-hydrogen) atoms. The maximum atomic E-state index is 12.7. The number of ether oxygens (including phenoxy) is 1. The van der Waals surface area contributed by atoms with Crippen LogP contribution in [0.15, 0.2) is 45.3 Å². The first kappa shape index (κ1) is 21.8. The largest absolute Gasteiger partial charge is 0.482 e.